The second-order valence-electron chi connectivity index (χ2n) is 6.01. The lowest BCUT2D eigenvalue weighted by atomic mass is 9.89. The maximum atomic E-state index is 5.68. The molecule has 3 atom stereocenters. The zero-order valence-electron chi connectivity index (χ0n) is 13.4. The molecule has 4 heteroatoms. The number of nitrogens with one attached hydrogen (secondary N) is 1. The van der Waals surface area contributed by atoms with Crippen molar-refractivity contribution in [2.45, 2.75) is 44.9 Å². The van der Waals surface area contributed by atoms with E-state index in [-0.39, 0.29) is 18.2 Å². The molecule has 0 unspecified atom stereocenters. The van der Waals surface area contributed by atoms with E-state index in [1.54, 1.807) is 7.11 Å². The number of hydrogen-bond acceptors (Lipinski definition) is 4. The summed E-state index contributed by atoms with van der Waals surface area (Å²) in [4.78, 5) is 9.17. The molecule has 22 heavy (non-hydrogen) atoms. The highest BCUT2D eigenvalue weighted by Crippen LogP contribution is 2.34. The molecule has 0 radical (unpaired) electrons. The fourth-order valence-corrected chi connectivity index (χ4v) is 3.30. The van der Waals surface area contributed by atoms with Crippen LogP contribution in [0.1, 0.15) is 47.4 Å². The molecular weight excluding hydrogens is 274 g/mol. The number of methoxy groups -OCH3 is 1. The Hall–Kier alpha value is -1.78. The van der Waals surface area contributed by atoms with Crippen LogP contribution in [0.5, 0.6) is 0 Å². The number of piperidine rings is 1. The Morgan fingerprint density at radius 2 is 1.45 bits per heavy atom. The lowest BCUT2D eigenvalue weighted by molar-refractivity contribution is 0.0438. The Kier molecular flexibility index (Phi) is 4.50. The Labute approximate surface area is 132 Å². The van der Waals surface area contributed by atoms with Gasteiger partial charge in [0.25, 0.3) is 0 Å². The molecule has 1 fully saturated rings. The summed E-state index contributed by atoms with van der Waals surface area (Å²) in [6.07, 6.45) is 5.83. The third kappa shape index (κ3) is 3.03. The maximum absolute atomic E-state index is 5.68. The molecule has 2 aromatic heterocycles. The zero-order valence-corrected chi connectivity index (χ0v) is 13.4. The van der Waals surface area contributed by atoms with Crippen LogP contribution in [0, 0.1) is 13.8 Å². The van der Waals surface area contributed by atoms with Gasteiger partial charge >= 0.3 is 0 Å². The van der Waals surface area contributed by atoms with Crippen LogP contribution in [0.15, 0.2) is 36.7 Å². The van der Waals surface area contributed by atoms with Crippen LogP contribution in [0.2, 0.25) is 0 Å². The highest BCUT2D eigenvalue weighted by Gasteiger charge is 2.32. The van der Waals surface area contributed by atoms with Gasteiger partial charge in [0.05, 0.1) is 29.6 Å². The van der Waals surface area contributed by atoms with Gasteiger partial charge in [-0.3, -0.25) is 9.97 Å². The molecule has 0 spiro atoms. The van der Waals surface area contributed by atoms with Crippen molar-refractivity contribution in [2.24, 2.45) is 0 Å². The SMILES string of the molecule is CO[C@H]1C[C@@H](c2ncccc2C)N[C@@H](c2ncccc2C)C1. The van der Waals surface area contributed by atoms with E-state index in [9.17, 15) is 0 Å². The summed E-state index contributed by atoms with van der Waals surface area (Å²) in [6.45, 7) is 4.23. The predicted octanol–water partition coefficient (Wildman–Crippen LogP) is 3.27. The molecule has 1 N–H and O–H groups in total. The molecule has 0 amide bonds. The molecule has 0 aliphatic carbocycles. The summed E-state index contributed by atoms with van der Waals surface area (Å²) in [7, 11) is 1.79. The van der Waals surface area contributed by atoms with Crippen molar-refractivity contribution in [1.82, 2.24) is 15.3 Å². The summed E-state index contributed by atoms with van der Waals surface area (Å²) >= 11 is 0. The highest BCUT2D eigenvalue weighted by molar-refractivity contribution is 5.26. The molecule has 4 nitrogen and oxygen atoms in total. The first kappa shape index (κ1) is 15.1. The lowest BCUT2D eigenvalue weighted by Crippen LogP contribution is -2.39. The second-order valence-corrected chi connectivity index (χ2v) is 6.01. The zero-order chi connectivity index (χ0) is 15.5. The quantitative estimate of drug-likeness (QED) is 0.944. The van der Waals surface area contributed by atoms with Crippen LogP contribution < -0.4 is 5.32 Å². The van der Waals surface area contributed by atoms with Gasteiger partial charge in [-0.15, -0.1) is 0 Å². The molecule has 1 saturated heterocycles. The number of aryl methyl sites for hydroxylation is 2. The van der Waals surface area contributed by atoms with Crippen LogP contribution in [-0.4, -0.2) is 23.2 Å². The fourth-order valence-electron chi connectivity index (χ4n) is 3.30. The summed E-state index contributed by atoms with van der Waals surface area (Å²) < 4.78 is 5.68. The molecule has 3 heterocycles. The standard InChI is InChI=1S/C18H23N3O/c1-12-6-4-8-19-17(12)15-10-14(22-3)11-16(21-15)18-13(2)7-5-9-20-18/h4-9,14-16,21H,10-11H2,1-3H3/t14-,15-,16+. The van der Waals surface area contributed by atoms with Gasteiger partial charge in [0.2, 0.25) is 0 Å². The first-order valence-electron chi connectivity index (χ1n) is 7.81. The van der Waals surface area contributed by atoms with Gasteiger partial charge in [0.1, 0.15) is 0 Å². The van der Waals surface area contributed by atoms with Crippen LogP contribution in [0.25, 0.3) is 0 Å². The van der Waals surface area contributed by atoms with E-state index in [2.05, 4.69) is 41.3 Å². The molecule has 2 aromatic rings. The van der Waals surface area contributed by atoms with E-state index < -0.39 is 0 Å². The van der Waals surface area contributed by atoms with E-state index in [0.29, 0.717) is 0 Å². The summed E-state index contributed by atoms with van der Waals surface area (Å²) in [5.41, 5.74) is 4.66. The molecule has 116 valence electrons. The van der Waals surface area contributed by atoms with Gasteiger partial charge in [-0.05, 0) is 49.9 Å². The highest BCUT2D eigenvalue weighted by atomic mass is 16.5. The van der Waals surface area contributed by atoms with E-state index in [1.807, 2.05) is 24.5 Å². The molecule has 3 rings (SSSR count). The summed E-state index contributed by atoms with van der Waals surface area (Å²) in [5.74, 6) is 0. The van der Waals surface area contributed by atoms with Crippen molar-refractivity contribution >= 4 is 0 Å². The average molecular weight is 297 g/mol. The number of pyridine rings is 2. The van der Waals surface area contributed by atoms with Gasteiger partial charge in [0, 0.05) is 19.5 Å². The van der Waals surface area contributed by atoms with E-state index in [1.165, 1.54) is 11.1 Å². The minimum atomic E-state index is 0.200. The molecule has 1 aliphatic rings. The van der Waals surface area contributed by atoms with Gasteiger partial charge in [0.15, 0.2) is 0 Å². The van der Waals surface area contributed by atoms with Crippen molar-refractivity contribution in [3.63, 3.8) is 0 Å². The molecule has 1 aliphatic heterocycles. The van der Waals surface area contributed by atoms with E-state index in [0.717, 1.165) is 24.2 Å². The Bertz CT molecular complexity index is 590. The largest absolute Gasteiger partial charge is 0.381 e. The van der Waals surface area contributed by atoms with Crippen LogP contribution in [-0.2, 0) is 4.74 Å². The van der Waals surface area contributed by atoms with Gasteiger partial charge in [-0.2, -0.15) is 0 Å². The summed E-state index contributed by atoms with van der Waals surface area (Å²) in [6, 6.07) is 8.59. The minimum absolute atomic E-state index is 0.200. The Morgan fingerprint density at radius 3 is 1.86 bits per heavy atom. The molecule has 0 saturated carbocycles. The van der Waals surface area contributed by atoms with Gasteiger partial charge in [-0.25, -0.2) is 0 Å². The van der Waals surface area contributed by atoms with E-state index >= 15 is 0 Å². The Balaban J connectivity index is 1.90. The minimum Gasteiger partial charge on any atom is -0.381 e. The number of hydrogen-bond donors (Lipinski definition) is 1. The van der Waals surface area contributed by atoms with E-state index in [4.69, 9.17) is 4.74 Å². The van der Waals surface area contributed by atoms with Crippen LogP contribution in [0.3, 0.4) is 0 Å². The van der Waals surface area contributed by atoms with Crippen molar-refractivity contribution < 1.29 is 4.74 Å². The van der Waals surface area contributed by atoms with Crippen LogP contribution in [0.4, 0.5) is 0 Å². The monoisotopic (exact) mass is 297 g/mol. The summed E-state index contributed by atoms with van der Waals surface area (Å²) in [5, 5.41) is 3.73. The molecule has 0 aromatic carbocycles. The first-order chi connectivity index (χ1) is 10.7. The van der Waals surface area contributed by atoms with Crippen molar-refractivity contribution in [1.29, 1.82) is 0 Å². The molecular formula is C18H23N3O. The fraction of sp³-hybridized carbons (Fsp3) is 0.444. The van der Waals surface area contributed by atoms with Crippen molar-refractivity contribution in [3.05, 3.63) is 59.2 Å². The Morgan fingerprint density at radius 1 is 0.955 bits per heavy atom. The average Bonchev–Trinajstić information content (AvgIpc) is 2.55. The third-order valence-electron chi connectivity index (χ3n) is 4.49. The number of ether oxygens (including phenoxy) is 1. The molecule has 0 bridgehead atoms. The van der Waals surface area contributed by atoms with Gasteiger partial charge < -0.3 is 10.1 Å². The lowest BCUT2D eigenvalue weighted by Gasteiger charge is -2.36. The number of rotatable bonds is 3. The predicted molar refractivity (Wildman–Crippen MR) is 86.6 cm³/mol. The van der Waals surface area contributed by atoms with Crippen molar-refractivity contribution in [2.75, 3.05) is 7.11 Å². The third-order valence-corrected chi connectivity index (χ3v) is 4.49. The van der Waals surface area contributed by atoms with Crippen LogP contribution >= 0.6 is 0 Å². The topological polar surface area (TPSA) is 47.0 Å². The number of aromatic nitrogens is 2. The maximum Gasteiger partial charge on any atom is 0.0608 e. The smallest absolute Gasteiger partial charge is 0.0608 e. The second kappa shape index (κ2) is 6.55. The normalized spacial score (nSPS) is 25.1. The number of nitrogens with zero attached hydrogens (tertiary/aromatic N) is 2. The van der Waals surface area contributed by atoms with Gasteiger partial charge in [-0.1, -0.05) is 12.1 Å². The first-order valence-corrected chi connectivity index (χ1v) is 7.81. The van der Waals surface area contributed by atoms with Crippen molar-refractivity contribution in [3.8, 4) is 0 Å².